The van der Waals surface area contributed by atoms with E-state index in [1.165, 1.54) is 101 Å². The molecule has 1 aliphatic rings. The van der Waals surface area contributed by atoms with Crippen molar-refractivity contribution in [1.29, 1.82) is 0 Å². The number of benzene rings is 3. The van der Waals surface area contributed by atoms with Gasteiger partial charge in [-0.3, -0.25) is 0 Å². The number of rotatable bonds is 14. The Bertz CT molecular complexity index is 1050. The fourth-order valence-corrected chi connectivity index (χ4v) is 10.6. The Morgan fingerprint density at radius 3 is 1.13 bits per heavy atom. The van der Waals surface area contributed by atoms with Gasteiger partial charge < -0.3 is 0 Å². The van der Waals surface area contributed by atoms with E-state index in [2.05, 4.69) is 119 Å². The van der Waals surface area contributed by atoms with Crippen molar-refractivity contribution in [3.05, 3.63) is 119 Å². The highest BCUT2D eigenvalue weighted by molar-refractivity contribution is 7.15. The van der Waals surface area contributed by atoms with Crippen LogP contribution in [-0.4, -0.2) is 8.07 Å². The minimum atomic E-state index is -2.46. The van der Waals surface area contributed by atoms with Crippen molar-refractivity contribution >= 4 is 23.6 Å². The van der Waals surface area contributed by atoms with E-state index in [1.54, 1.807) is 0 Å². The molecule has 0 saturated heterocycles. The Morgan fingerprint density at radius 1 is 0.474 bits per heavy atom. The molecule has 3 aromatic rings. The van der Waals surface area contributed by atoms with Gasteiger partial charge in [-0.1, -0.05) is 144 Å². The predicted molar refractivity (Wildman–Crippen MR) is 171 cm³/mol. The molecule has 0 heterocycles. The molecule has 0 nitrogen and oxygen atoms in total. The highest BCUT2D eigenvalue weighted by atomic mass is 28.3. The third-order valence-corrected chi connectivity index (χ3v) is 13.1. The van der Waals surface area contributed by atoms with Crippen LogP contribution < -0.4 is 15.6 Å². The average molecular weight is 520 g/mol. The molecule has 38 heavy (non-hydrogen) atoms. The second-order valence-electron chi connectivity index (χ2n) is 11.0. The number of aryl methyl sites for hydroxylation is 3. The molecule has 0 atom stereocenters. The number of hydrogen-bond acceptors (Lipinski definition) is 0. The van der Waals surface area contributed by atoms with Gasteiger partial charge in [0.2, 0.25) is 0 Å². The Labute approximate surface area is 233 Å². The molecule has 0 saturated carbocycles. The molecule has 0 N–H and O–H groups in total. The van der Waals surface area contributed by atoms with Crippen LogP contribution in [0.3, 0.4) is 0 Å². The van der Waals surface area contributed by atoms with Crippen LogP contribution >= 0.6 is 0 Å². The summed E-state index contributed by atoms with van der Waals surface area (Å²) in [6.45, 7) is 9.11. The van der Waals surface area contributed by atoms with E-state index in [4.69, 9.17) is 0 Å². The second kappa shape index (κ2) is 13.9. The van der Waals surface area contributed by atoms with E-state index in [0.29, 0.717) is 0 Å². The van der Waals surface area contributed by atoms with Crippen LogP contribution in [0.2, 0.25) is 0 Å². The fourth-order valence-electron chi connectivity index (χ4n) is 5.85. The van der Waals surface area contributed by atoms with Crippen LogP contribution in [0.15, 0.2) is 96.6 Å². The molecule has 0 unspecified atom stereocenters. The second-order valence-corrected chi connectivity index (χ2v) is 14.8. The van der Waals surface area contributed by atoms with Gasteiger partial charge >= 0.3 is 0 Å². The highest BCUT2D eigenvalue weighted by Crippen LogP contribution is 2.30. The summed E-state index contributed by atoms with van der Waals surface area (Å²) in [5, 5.41) is 4.48. The summed E-state index contributed by atoms with van der Waals surface area (Å²) in [6, 6.07) is 29.2. The van der Waals surface area contributed by atoms with Crippen LogP contribution in [0.25, 0.3) is 0 Å². The zero-order valence-electron chi connectivity index (χ0n) is 24.2. The molecular formula is C37H47Si. The van der Waals surface area contributed by atoms with Crippen molar-refractivity contribution in [2.75, 3.05) is 0 Å². The Kier molecular flexibility index (Phi) is 10.4. The SMILES string of the molecule is CCCCc1ccc([Si]([C]2C=CC(CC)=C2)(c2ccc(CCCC)cc2)c2ccc(CCCC)cc2)cc1. The lowest BCUT2D eigenvalue weighted by Crippen LogP contribution is -2.70. The van der Waals surface area contributed by atoms with Crippen molar-refractivity contribution < 1.29 is 0 Å². The third-order valence-electron chi connectivity index (χ3n) is 8.28. The zero-order valence-corrected chi connectivity index (χ0v) is 25.2. The lowest BCUT2D eigenvalue weighted by atomic mass is 10.1. The number of allylic oxidation sites excluding steroid dienone is 4. The summed E-state index contributed by atoms with van der Waals surface area (Å²) < 4.78 is 0. The maximum Gasteiger partial charge on any atom is 0.162 e. The monoisotopic (exact) mass is 519 g/mol. The van der Waals surface area contributed by atoms with Crippen LogP contribution in [0.4, 0.5) is 0 Å². The van der Waals surface area contributed by atoms with E-state index in [-0.39, 0.29) is 0 Å². The average Bonchev–Trinajstić information content (AvgIpc) is 3.46. The number of unbranched alkanes of at least 4 members (excludes halogenated alkanes) is 3. The molecule has 1 heteroatoms. The molecule has 0 aromatic heterocycles. The molecule has 199 valence electrons. The maximum atomic E-state index is 2.51. The van der Waals surface area contributed by atoms with Crippen LogP contribution in [0.1, 0.15) is 89.3 Å². The van der Waals surface area contributed by atoms with Crippen LogP contribution in [0, 0.1) is 5.54 Å². The van der Waals surface area contributed by atoms with E-state index >= 15 is 0 Å². The highest BCUT2D eigenvalue weighted by Gasteiger charge is 2.46. The zero-order chi connectivity index (χ0) is 26.8. The summed E-state index contributed by atoms with van der Waals surface area (Å²) in [5.41, 5.74) is 7.33. The first-order valence-electron chi connectivity index (χ1n) is 15.2. The van der Waals surface area contributed by atoms with E-state index in [1.807, 2.05) is 0 Å². The maximum absolute atomic E-state index is 2.51. The van der Waals surface area contributed by atoms with Crippen molar-refractivity contribution in [2.24, 2.45) is 0 Å². The van der Waals surface area contributed by atoms with Gasteiger partial charge in [-0.15, -0.1) is 0 Å². The van der Waals surface area contributed by atoms with Crippen molar-refractivity contribution in [3.63, 3.8) is 0 Å². The molecule has 1 aliphatic carbocycles. The largest absolute Gasteiger partial charge is 0.162 e. The standard InChI is InChI=1S/C37H47Si/c1-5-9-12-31-16-22-34(23-17-31)38(37-28-15-30(8-4)29-37,35-24-18-32(19-25-35)13-10-6-2)36-26-20-33(21-27-36)14-11-7-3/h15-29H,5-14H2,1-4H3. The van der Waals surface area contributed by atoms with Crippen molar-refractivity contribution in [1.82, 2.24) is 0 Å². The first-order chi connectivity index (χ1) is 18.6. The Morgan fingerprint density at radius 2 is 0.842 bits per heavy atom. The molecule has 3 aromatic carbocycles. The summed E-state index contributed by atoms with van der Waals surface area (Å²) in [5.74, 6) is 0. The quantitative estimate of drug-likeness (QED) is 0.149. The minimum absolute atomic E-state index is 1.08. The first-order valence-corrected chi connectivity index (χ1v) is 17.2. The smallest absolute Gasteiger partial charge is 0.0750 e. The van der Waals surface area contributed by atoms with Crippen molar-refractivity contribution in [3.8, 4) is 0 Å². The predicted octanol–water partition coefficient (Wildman–Crippen LogP) is 8.20. The van der Waals surface area contributed by atoms with Crippen LogP contribution in [0.5, 0.6) is 0 Å². The van der Waals surface area contributed by atoms with Gasteiger partial charge in [0.25, 0.3) is 0 Å². The van der Waals surface area contributed by atoms with Gasteiger partial charge in [0.05, 0.1) is 0 Å². The van der Waals surface area contributed by atoms with Crippen LogP contribution in [-0.2, 0) is 19.3 Å². The summed E-state index contributed by atoms with van der Waals surface area (Å²) >= 11 is 0. The molecular weight excluding hydrogens is 472 g/mol. The molecule has 4 rings (SSSR count). The van der Waals surface area contributed by atoms with Gasteiger partial charge in [-0.25, -0.2) is 0 Å². The molecule has 0 amide bonds. The minimum Gasteiger partial charge on any atom is -0.0750 e. The summed E-state index contributed by atoms with van der Waals surface area (Å²) in [7, 11) is -2.46. The summed E-state index contributed by atoms with van der Waals surface area (Å²) in [4.78, 5) is 0. The van der Waals surface area contributed by atoms with Gasteiger partial charge in [0, 0.05) is 5.54 Å². The fraction of sp³-hybridized carbons (Fsp3) is 0.378. The third kappa shape index (κ3) is 6.32. The van der Waals surface area contributed by atoms with Crippen molar-refractivity contribution in [2.45, 2.75) is 91.9 Å². The lowest BCUT2D eigenvalue weighted by Gasteiger charge is -2.37. The molecule has 1 radical (unpaired) electrons. The molecule has 0 bridgehead atoms. The van der Waals surface area contributed by atoms with E-state index in [0.717, 1.165) is 6.42 Å². The van der Waals surface area contributed by atoms with Gasteiger partial charge in [-0.2, -0.15) is 0 Å². The molecule has 0 aliphatic heterocycles. The normalized spacial score (nSPS) is 13.7. The topological polar surface area (TPSA) is 0 Å². The first kappa shape index (κ1) is 28.4. The van der Waals surface area contributed by atoms with Gasteiger partial charge in [0.15, 0.2) is 8.07 Å². The molecule has 0 fully saturated rings. The van der Waals surface area contributed by atoms with E-state index < -0.39 is 8.07 Å². The Balaban J connectivity index is 1.89. The van der Waals surface area contributed by atoms with Gasteiger partial charge in [0.1, 0.15) is 0 Å². The molecule has 0 spiro atoms. The number of hydrogen-bond donors (Lipinski definition) is 0. The lowest BCUT2D eigenvalue weighted by molar-refractivity contribution is 0.795. The summed E-state index contributed by atoms with van der Waals surface area (Å²) in [6.07, 6.45) is 19.4. The Hall–Kier alpha value is -2.64. The van der Waals surface area contributed by atoms with E-state index in [9.17, 15) is 0 Å². The van der Waals surface area contributed by atoms with Gasteiger partial charge in [-0.05, 0) is 77.2 Å².